The fourth-order valence-corrected chi connectivity index (χ4v) is 2.33. The number of hydrogen-bond acceptors (Lipinski definition) is 3. The lowest BCUT2D eigenvalue weighted by Crippen LogP contribution is -2.31. The largest absolute Gasteiger partial charge is 0.387 e. The zero-order chi connectivity index (χ0) is 13.7. The van der Waals surface area contributed by atoms with Gasteiger partial charge in [-0.1, -0.05) is 25.5 Å². The smallest absolute Gasteiger partial charge is 0.0991 e. The van der Waals surface area contributed by atoms with Gasteiger partial charge >= 0.3 is 0 Å². The molecule has 102 valence electrons. The van der Waals surface area contributed by atoms with Gasteiger partial charge in [0.05, 0.1) is 17.7 Å². The molecule has 3 nitrogen and oxygen atoms in total. The van der Waals surface area contributed by atoms with E-state index in [9.17, 15) is 5.11 Å². The van der Waals surface area contributed by atoms with Crippen molar-refractivity contribution in [1.29, 1.82) is 5.26 Å². The van der Waals surface area contributed by atoms with E-state index >= 15 is 0 Å². The molecule has 1 unspecified atom stereocenters. The van der Waals surface area contributed by atoms with E-state index in [2.05, 4.69) is 17.9 Å². The van der Waals surface area contributed by atoms with E-state index in [1.54, 1.807) is 12.1 Å². The second-order valence-corrected chi connectivity index (χ2v) is 5.33. The summed E-state index contributed by atoms with van der Waals surface area (Å²) in [6.07, 6.45) is 4.46. The molecule has 19 heavy (non-hydrogen) atoms. The Hall–Kier alpha value is -1.37. The highest BCUT2D eigenvalue weighted by Gasteiger charge is 2.29. The van der Waals surface area contributed by atoms with Gasteiger partial charge in [0.25, 0.3) is 0 Å². The fourth-order valence-electron chi connectivity index (χ4n) is 2.33. The molecule has 1 aliphatic rings. The van der Waals surface area contributed by atoms with Crippen molar-refractivity contribution in [2.75, 3.05) is 13.1 Å². The van der Waals surface area contributed by atoms with Crippen molar-refractivity contribution in [3.05, 3.63) is 35.4 Å². The monoisotopic (exact) mass is 258 g/mol. The summed E-state index contributed by atoms with van der Waals surface area (Å²) >= 11 is 0. The van der Waals surface area contributed by atoms with Crippen LogP contribution in [0, 0.1) is 11.3 Å². The maximum Gasteiger partial charge on any atom is 0.0991 e. The van der Waals surface area contributed by atoms with Gasteiger partial charge in [-0.05, 0) is 43.5 Å². The number of rotatable bonds is 7. The molecule has 1 atom stereocenters. The molecule has 0 radical (unpaired) electrons. The number of hydrogen-bond donors (Lipinski definition) is 1. The summed E-state index contributed by atoms with van der Waals surface area (Å²) in [5.74, 6) is 0. The van der Waals surface area contributed by atoms with Gasteiger partial charge in [-0.25, -0.2) is 0 Å². The van der Waals surface area contributed by atoms with Gasteiger partial charge in [0, 0.05) is 12.6 Å². The lowest BCUT2D eigenvalue weighted by Gasteiger charge is -2.25. The summed E-state index contributed by atoms with van der Waals surface area (Å²) in [4.78, 5) is 2.41. The van der Waals surface area contributed by atoms with E-state index < -0.39 is 6.10 Å². The molecule has 3 heteroatoms. The van der Waals surface area contributed by atoms with Crippen LogP contribution in [0.1, 0.15) is 49.8 Å². The van der Waals surface area contributed by atoms with Crippen molar-refractivity contribution < 1.29 is 5.11 Å². The Balaban J connectivity index is 1.93. The van der Waals surface area contributed by atoms with Gasteiger partial charge in [-0.2, -0.15) is 5.26 Å². The molecule has 1 aromatic rings. The van der Waals surface area contributed by atoms with Gasteiger partial charge in [0.2, 0.25) is 0 Å². The fraction of sp³-hybridized carbons (Fsp3) is 0.562. The quantitative estimate of drug-likeness (QED) is 0.818. The van der Waals surface area contributed by atoms with Crippen molar-refractivity contribution in [1.82, 2.24) is 4.90 Å². The van der Waals surface area contributed by atoms with Crippen LogP contribution < -0.4 is 0 Å². The Kier molecular flexibility index (Phi) is 4.95. The normalized spacial score (nSPS) is 16.3. The average molecular weight is 258 g/mol. The third kappa shape index (κ3) is 4.05. The van der Waals surface area contributed by atoms with E-state index in [4.69, 9.17) is 5.26 Å². The van der Waals surface area contributed by atoms with Crippen molar-refractivity contribution in [3.8, 4) is 6.07 Å². The molecular formula is C16H22N2O. The highest BCUT2D eigenvalue weighted by molar-refractivity contribution is 5.32. The first-order valence-electron chi connectivity index (χ1n) is 7.16. The first-order valence-corrected chi connectivity index (χ1v) is 7.16. The number of aliphatic hydroxyl groups excluding tert-OH is 1. The van der Waals surface area contributed by atoms with Gasteiger partial charge in [0.1, 0.15) is 0 Å². The molecule has 2 rings (SSSR count). The Morgan fingerprint density at radius 1 is 1.37 bits per heavy atom. The Bertz CT molecular complexity index is 431. The minimum absolute atomic E-state index is 0.454. The van der Waals surface area contributed by atoms with Crippen LogP contribution in [-0.4, -0.2) is 29.1 Å². The second kappa shape index (κ2) is 6.70. The molecule has 0 aliphatic heterocycles. The lowest BCUT2D eigenvalue weighted by molar-refractivity contribution is 0.107. The standard InChI is InChI=1S/C16H22N2O/c1-2-3-10-18(15-8-9-15)12-16(19)14-6-4-13(11-17)5-7-14/h4-7,15-16,19H,2-3,8-10,12H2,1H3. The van der Waals surface area contributed by atoms with Gasteiger partial charge in [-0.3, -0.25) is 4.90 Å². The van der Waals surface area contributed by atoms with Crippen LogP contribution in [0.5, 0.6) is 0 Å². The second-order valence-electron chi connectivity index (χ2n) is 5.33. The van der Waals surface area contributed by atoms with Crippen molar-refractivity contribution in [2.24, 2.45) is 0 Å². The number of unbranched alkanes of at least 4 members (excludes halogenated alkanes) is 1. The molecule has 1 aliphatic carbocycles. The number of benzene rings is 1. The summed E-state index contributed by atoms with van der Waals surface area (Å²) in [5.41, 5.74) is 1.54. The van der Waals surface area contributed by atoms with Crippen LogP contribution in [-0.2, 0) is 0 Å². The number of aliphatic hydroxyl groups is 1. The van der Waals surface area contributed by atoms with Crippen LogP contribution in [0.2, 0.25) is 0 Å². The Morgan fingerprint density at radius 3 is 2.58 bits per heavy atom. The van der Waals surface area contributed by atoms with Crippen LogP contribution in [0.4, 0.5) is 0 Å². The predicted octanol–water partition coefficient (Wildman–Crippen LogP) is 2.86. The third-order valence-electron chi connectivity index (χ3n) is 3.69. The number of nitriles is 1. The Labute approximate surface area is 115 Å². The summed E-state index contributed by atoms with van der Waals surface area (Å²) < 4.78 is 0. The molecule has 0 aromatic heterocycles. The predicted molar refractivity (Wildman–Crippen MR) is 75.6 cm³/mol. The van der Waals surface area contributed by atoms with Crippen LogP contribution >= 0.6 is 0 Å². The topological polar surface area (TPSA) is 47.3 Å². The summed E-state index contributed by atoms with van der Waals surface area (Å²) in [6.45, 7) is 3.98. The Morgan fingerprint density at radius 2 is 2.05 bits per heavy atom. The molecule has 0 bridgehead atoms. The molecule has 1 aromatic carbocycles. The third-order valence-corrected chi connectivity index (χ3v) is 3.69. The highest BCUT2D eigenvalue weighted by atomic mass is 16.3. The first kappa shape index (κ1) is 14.0. The highest BCUT2D eigenvalue weighted by Crippen LogP contribution is 2.29. The summed E-state index contributed by atoms with van der Waals surface area (Å²) in [5, 5.41) is 19.1. The number of nitrogens with zero attached hydrogens (tertiary/aromatic N) is 2. The van der Waals surface area contributed by atoms with Gasteiger partial charge < -0.3 is 5.11 Å². The molecule has 1 N–H and O–H groups in total. The minimum atomic E-state index is -0.454. The van der Waals surface area contributed by atoms with E-state index in [0.29, 0.717) is 18.2 Å². The van der Waals surface area contributed by atoms with Crippen LogP contribution in [0.3, 0.4) is 0 Å². The molecule has 0 heterocycles. The lowest BCUT2D eigenvalue weighted by atomic mass is 10.1. The molecule has 0 spiro atoms. The maximum absolute atomic E-state index is 10.3. The van der Waals surface area contributed by atoms with Crippen molar-refractivity contribution in [3.63, 3.8) is 0 Å². The van der Waals surface area contributed by atoms with Crippen molar-refractivity contribution in [2.45, 2.75) is 44.8 Å². The zero-order valence-corrected chi connectivity index (χ0v) is 11.5. The molecule has 1 saturated carbocycles. The van der Waals surface area contributed by atoms with Crippen LogP contribution in [0.15, 0.2) is 24.3 Å². The van der Waals surface area contributed by atoms with Crippen LogP contribution in [0.25, 0.3) is 0 Å². The van der Waals surface area contributed by atoms with E-state index in [0.717, 1.165) is 12.1 Å². The maximum atomic E-state index is 10.3. The SMILES string of the molecule is CCCCN(CC(O)c1ccc(C#N)cc1)C1CC1. The molecule has 1 fully saturated rings. The first-order chi connectivity index (χ1) is 9.24. The average Bonchev–Trinajstić information content (AvgIpc) is 3.28. The van der Waals surface area contributed by atoms with Gasteiger partial charge in [0.15, 0.2) is 0 Å². The van der Waals surface area contributed by atoms with Gasteiger partial charge in [-0.15, -0.1) is 0 Å². The summed E-state index contributed by atoms with van der Waals surface area (Å²) in [6, 6.07) is 10.0. The van der Waals surface area contributed by atoms with E-state index in [1.165, 1.54) is 25.7 Å². The molecular weight excluding hydrogens is 236 g/mol. The van der Waals surface area contributed by atoms with E-state index in [-0.39, 0.29) is 0 Å². The van der Waals surface area contributed by atoms with Crippen molar-refractivity contribution >= 4 is 0 Å². The molecule has 0 amide bonds. The molecule has 0 saturated heterocycles. The van der Waals surface area contributed by atoms with E-state index in [1.807, 2.05) is 12.1 Å². The summed E-state index contributed by atoms with van der Waals surface area (Å²) in [7, 11) is 0. The minimum Gasteiger partial charge on any atom is -0.387 e. The zero-order valence-electron chi connectivity index (χ0n) is 11.5.